The number of carbonyl (C=O) groups is 2. The molecule has 0 amide bonds. The minimum atomic E-state index is -1.08. The van der Waals surface area contributed by atoms with Gasteiger partial charge >= 0.3 is 11.9 Å². The van der Waals surface area contributed by atoms with Crippen LogP contribution in [0.1, 0.15) is 12.8 Å². The van der Waals surface area contributed by atoms with Gasteiger partial charge in [-0.3, -0.25) is 9.59 Å². The fourth-order valence-electron chi connectivity index (χ4n) is 0.514. The lowest BCUT2D eigenvalue weighted by Crippen LogP contribution is -2.36. The molecule has 0 aliphatic carbocycles. The number of hydrogen-bond donors (Lipinski definition) is 3. The van der Waals surface area contributed by atoms with Gasteiger partial charge in [0.25, 0.3) is 0 Å². The zero-order valence-electron chi connectivity index (χ0n) is 9.84. The van der Waals surface area contributed by atoms with Crippen LogP contribution in [0.2, 0.25) is 0 Å². The summed E-state index contributed by atoms with van der Waals surface area (Å²) in [5, 5.41) is 24.2. The number of hydrogen-bond acceptors (Lipinski definition) is 3. The molecule has 0 heterocycles. The van der Waals surface area contributed by atoms with E-state index in [2.05, 4.69) is 21.1 Å². The Morgan fingerprint density at radius 1 is 1.00 bits per heavy atom. The smallest absolute Gasteiger partial charge is 0.303 e. The van der Waals surface area contributed by atoms with Gasteiger partial charge in [0.1, 0.15) is 6.54 Å². The minimum absolute atomic E-state index is 0. The Morgan fingerprint density at radius 2 is 1.31 bits per heavy atom. The summed E-state index contributed by atoms with van der Waals surface area (Å²) in [7, 11) is 6.16. The third-order valence-corrected chi connectivity index (χ3v) is 1.32. The summed E-state index contributed by atoms with van der Waals surface area (Å²) >= 11 is 0. The van der Waals surface area contributed by atoms with Gasteiger partial charge in [-0.05, 0) is 0 Å². The summed E-state index contributed by atoms with van der Waals surface area (Å²) in [6.45, 7) is 1.11. The van der Waals surface area contributed by atoms with Gasteiger partial charge in [0.05, 0.1) is 40.6 Å². The van der Waals surface area contributed by atoms with Crippen molar-refractivity contribution in [2.45, 2.75) is 12.8 Å². The van der Waals surface area contributed by atoms with Gasteiger partial charge in [-0.25, -0.2) is 0 Å². The molecule has 6 nitrogen and oxygen atoms in total. The number of aliphatic hydroxyl groups is 1. The van der Waals surface area contributed by atoms with E-state index in [0.717, 1.165) is 11.0 Å². The zero-order valence-corrected chi connectivity index (χ0v) is 10.7. The molecule has 98 valence electrons. The molecule has 0 aromatic carbocycles. The number of aliphatic hydroxyl groups excluding tert-OH is 1. The van der Waals surface area contributed by atoms with Crippen LogP contribution in [0.15, 0.2) is 0 Å². The molecule has 7 heteroatoms. The zero-order chi connectivity index (χ0) is 12.5. The van der Waals surface area contributed by atoms with E-state index < -0.39 is 11.9 Å². The Morgan fingerprint density at radius 3 is 1.38 bits per heavy atom. The monoisotopic (exact) mass is 258 g/mol. The van der Waals surface area contributed by atoms with Crippen LogP contribution in [0.4, 0.5) is 0 Å². The molecular formula is C9H21ClNO5+. The second-order valence-electron chi connectivity index (χ2n) is 4.03. The van der Waals surface area contributed by atoms with Gasteiger partial charge in [0.2, 0.25) is 0 Å². The van der Waals surface area contributed by atoms with E-state index in [-0.39, 0.29) is 31.9 Å². The summed E-state index contributed by atoms with van der Waals surface area (Å²) in [4.78, 5) is 19.3. The second kappa shape index (κ2) is 10.7. The van der Waals surface area contributed by atoms with Crippen molar-refractivity contribution in [2.75, 3.05) is 34.3 Å². The maximum Gasteiger partial charge on any atom is 0.303 e. The van der Waals surface area contributed by atoms with Crippen molar-refractivity contribution >= 4 is 24.3 Å². The molecule has 0 aliphatic heterocycles. The lowest BCUT2D eigenvalue weighted by atomic mass is 10.3. The number of carboxylic acids is 2. The topological polar surface area (TPSA) is 94.8 Å². The van der Waals surface area contributed by atoms with E-state index in [4.69, 9.17) is 15.3 Å². The van der Waals surface area contributed by atoms with Crippen molar-refractivity contribution in [1.29, 1.82) is 0 Å². The highest BCUT2D eigenvalue weighted by Gasteiger charge is 2.02. The maximum atomic E-state index is 9.64. The molecular weight excluding hydrogens is 238 g/mol. The largest absolute Gasteiger partial charge is 0.481 e. The maximum absolute atomic E-state index is 9.64. The normalized spacial score (nSPS) is 9.50. The number of rotatable bonds is 5. The summed E-state index contributed by atoms with van der Waals surface area (Å²) < 4.78 is 0.844. The molecule has 0 aliphatic rings. The minimum Gasteiger partial charge on any atom is -0.481 e. The van der Waals surface area contributed by atoms with Crippen molar-refractivity contribution < 1.29 is 29.4 Å². The summed E-state index contributed by atoms with van der Waals surface area (Å²) in [6.07, 6.45) is -0.593. The van der Waals surface area contributed by atoms with E-state index in [9.17, 15) is 9.59 Å². The summed E-state index contributed by atoms with van der Waals surface area (Å²) in [5.74, 6) is -2.15. The molecule has 0 spiro atoms. The fraction of sp³-hybridized carbons (Fsp3) is 0.778. The highest BCUT2D eigenvalue weighted by molar-refractivity contribution is 5.85. The second-order valence-corrected chi connectivity index (χ2v) is 4.03. The quantitative estimate of drug-likeness (QED) is 0.606. The van der Waals surface area contributed by atoms with Crippen LogP contribution in [-0.4, -0.2) is 66.0 Å². The van der Waals surface area contributed by atoms with Gasteiger partial charge in [0.15, 0.2) is 0 Å². The number of halogens is 1. The average Bonchev–Trinajstić information content (AvgIpc) is 1.99. The Kier molecular flexibility index (Phi) is 13.7. The van der Waals surface area contributed by atoms with Crippen molar-refractivity contribution in [3.63, 3.8) is 0 Å². The van der Waals surface area contributed by atoms with Crippen LogP contribution in [0.5, 0.6) is 0 Å². The van der Waals surface area contributed by atoms with E-state index in [1.165, 1.54) is 0 Å². The first-order valence-corrected chi connectivity index (χ1v) is 4.54. The number of carboxylic acid groups (broad SMARTS) is 2. The summed E-state index contributed by atoms with van der Waals surface area (Å²) in [6, 6.07) is 0. The van der Waals surface area contributed by atoms with Gasteiger partial charge in [-0.2, -0.15) is 0 Å². The standard InChI is InChI=1S/C5H14NO.C4H6O4.ClH/c1-6(2,3)4-5-7;5-3(6)1-2-4(7)8;/h7H,4-5H2,1-3H3;1-2H2,(H,5,6)(H,7,8);1H/q+1;;. The Bertz CT molecular complexity index is 189. The first-order valence-electron chi connectivity index (χ1n) is 4.54. The van der Waals surface area contributed by atoms with Crippen LogP contribution in [0.3, 0.4) is 0 Å². The molecule has 0 radical (unpaired) electrons. The van der Waals surface area contributed by atoms with E-state index in [0.29, 0.717) is 0 Å². The van der Waals surface area contributed by atoms with Crippen LogP contribution in [0.25, 0.3) is 0 Å². The van der Waals surface area contributed by atoms with E-state index >= 15 is 0 Å². The number of nitrogens with zero attached hydrogens (tertiary/aromatic N) is 1. The molecule has 0 aromatic heterocycles. The van der Waals surface area contributed by atoms with Crippen LogP contribution in [0, 0.1) is 0 Å². The molecule has 0 unspecified atom stereocenters. The van der Waals surface area contributed by atoms with Crippen molar-refractivity contribution in [1.82, 2.24) is 0 Å². The Balaban J connectivity index is -0.000000200. The first-order chi connectivity index (χ1) is 6.69. The summed E-state index contributed by atoms with van der Waals surface area (Å²) in [5.41, 5.74) is 0. The number of quaternary nitrogens is 1. The lowest BCUT2D eigenvalue weighted by Gasteiger charge is -2.21. The molecule has 3 N–H and O–H groups in total. The van der Waals surface area contributed by atoms with Crippen molar-refractivity contribution in [2.24, 2.45) is 0 Å². The van der Waals surface area contributed by atoms with Gasteiger partial charge < -0.3 is 19.8 Å². The van der Waals surface area contributed by atoms with E-state index in [1.807, 2.05) is 0 Å². The predicted molar refractivity (Wildman–Crippen MR) is 61.7 cm³/mol. The van der Waals surface area contributed by atoms with Crippen LogP contribution >= 0.6 is 12.4 Å². The molecule has 0 atom stereocenters. The van der Waals surface area contributed by atoms with Gasteiger partial charge in [-0.15, -0.1) is 12.4 Å². The molecule has 0 saturated heterocycles. The molecule has 0 fully saturated rings. The van der Waals surface area contributed by atoms with Crippen LogP contribution in [-0.2, 0) is 9.59 Å². The third-order valence-electron chi connectivity index (χ3n) is 1.32. The molecule has 16 heavy (non-hydrogen) atoms. The molecule has 0 aromatic rings. The first kappa shape index (κ1) is 20.5. The molecule has 0 saturated carbocycles. The molecule has 0 rings (SSSR count). The average molecular weight is 259 g/mol. The Labute approximate surface area is 101 Å². The third kappa shape index (κ3) is 29.2. The number of aliphatic carboxylic acids is 2. The predicted octanol–water partition coefficient (Wildman–Crippen LogP) is 0.0425. The molecule has 0 bridgehead atoms. The lowest BCUT2D eigenvalue weighted by molar-refractivity contribution is -0.870. The van der Waals surface area contributed by atoms with Gasteiger partial charge in [-0.1, -0.05) is 0 Å². The Hall–Kier alpha value is -0.850. The van der Waals surface area contributed by atoms with Crippen molar-refractivity contribution in [3.05, 3.63) is 0 Å². The SMILES string of the molecule is C[N+](C)(C)CCO.Cl.O=C(O)CCC(=O)O. The van der Waals surface area contributed by atoms with E-state index in [1.54, 1.807) is 0 Å². The highest BCUT2D eigenvalue weighted by Crippen LogP contribution is 1.86. The van der Waals surface area contributed by atoms with Gasteiger partial charge in [0, 0.05) is 0 Å². The highest BCUT2D eigenvalue weighted by atomic mass is 35.5. The fourth-order valence-corrected chi connectivity index (χ4v) is 0.514. The van der Waals surface area contributed by atoms with Crippen LogP contribution < -0.4 is 0 Å². The van der Waals surface area contributed by atoms with Crippen molar-refractivity contribution in [3.8, 4) is 0 Å². The number of likely N-dealkylation sites (N-methyl/N-ethyl adjacent to an activating group) is 1.